The Labute approximate surface area is 108 Å². The summed E-state index contributed by atoms with van der Waals surface area (Å²) in [6, 6.07) is 0. The quantitative estimate of drug-likeness (QED) is 0.584. The third-order valence-corrected chi connectivity index (χ3v) is 6.04. The second kappa shape index (κ2) is 5.76. The molecule has 0 heterocycles. The summed E-state index contributed by atoms with van der Waals surface area (Å²) < 4.78 is 0. The van der Waals surface area contributed by atoms with Crippen molar-refractivity contribution in [2.45, 2.75) is 83.5 Å². The fourth-order valence-electron chi connectivity index (χ4n) is 4.74. The molecule has 1 atom stereocenters. The fourth-order valence-corrected chi connectivity index (χ4v) is 4.74. The topological polar surface area (TPSA) is 0 Å². The van der Waals surface area contributed by atoms with Crippen molar-refractivity contribution in [3.63, 3.8) is 0 Å². The van der Waals surface area contributed by atoms with Crippen LogP contribution in [0.4, 0.5) is 0 Å². The van der Waals surface area contributed by atoms with E-state index < -0.39 is 0 Å². The number of rotatable bonds is 5. The van der Waals surface area contributed by atoms with Crippen molar-refractivity contribution in [2.24, 2.45) is 23.7 Å². The van der Waals surface area contributed by atoms with Gasteiger partial charge in [0.05, 0.1) is 0 Å². The summed E-state index contributed by atoms with van der Waals surface area (Å²) in [6.07, 6.45) is 20.3. The molecule has 0 N–H and O–H groups in total. The van der Waals surface area contributed by atoms with Crippen LogP contribution >= 0.6 is 0 Å². The first-order valence-electron chi connectivity index (χ1n) is 8.42. The summed E-state index contributed by atoms with van der Waals surface area (Å²) in [4.78, 5) is 0. The van der Waals surface area contributed by atoms with Crippen molar-refractivity contribution < 1.29 is 0 Å². The van der Waals surface area contributed by atoms with Gasteiger partial charge in [-0.3, -0.25) is 0 Å². The molecule has 0 amide bonds. The van der Waals surface area contributed by atoms with Crippen molar-refractivity contribution in [3.8, 4) is 0 Å². The van der Waals surface area contributed by atoms with Crippen LogP contribution in [-0.4, -0.2) is 0 Å². The molecule has 0 aromatic heterocycles. The van der Waals surface area contributed by atoms with Crippen LogP contribution in [0.3, 0.4) is 0 Å². The highest BCUT2D eigenvalue weighted by Gasteiger charge is 2.31. The molecule has 98 valence electrons. The Hall–Kier alpha value is 0. The Kier molecular flexibility index (Phi) is 4.08. The monoisotopic (exact) mass is 234 g/mol. The van der Waals surface area contributed by atoms with Crippen LogP contribution in [0, 0.1) is 23.7 Å². The second-order valence-corrected chi connectivity index (χ2v) is 7.22. The highest BCUT2D eigenvalue weighted by Crippen LogP contribution is 2.44. The standard InChI is InChI=1S/C17H30/c1-2-7-14(6-1)12-17(13-15-8-5-9-15)16-10-3-4-11-16/h14-17H,1-13H2. The van der Waals surface area contributed by atoms with Crippen molar-refractivity contribution in [2.75, 3.05) is 0 Å². The van der Waals surface area contributed by atoms with E-state index in [1.165, 1.54) is 32.1 Å². The van der Waals surface area contributed by atoms with Crippen molar-refractivity contribution >= 4 is 0 Å². The molecule has 17 heavy (non-hydrogen) atoms. The second-order valence-electron chi connectivity index (χ2n) is 7.22. The van der Waals surface area contributed by atoms with Gasteiger partial charge in [-0.25, -0.2) is 0 Å². The highest BCUT2D eigenvalue weighted by molar-refractivity contribution is 4.83. The molecule has 3 saturated carbocycles. The van der Waals surface area contributed by atoms with Gasteiger partial charge in [-0.15, -0.1) is 0 Å². The molecule has 3 rings (SSSR count). The normalized spacial score (nSPS) is 29.6. The van der Waals surface area contributed by atoms with E-state index >= 15 is 0 Å². The van der Waals surface area contributed by atoms with Crippen LogP contribution in [0.2, 0.25) is 0 Å². The Morgan fingerprint density at radius 3 is 1.53 bits per heavy atom. The molecule has 1 unspecified atom stereocenters. The molecular formula is C17H30. The van der Waals surface area contributed by atoms with E-state index in [1.54, 1.807) is 51.4 Å². The Morgan fingerprint density at radius 1 is 0.588 bits per heavy atom. The molecular weight excluding hydrogens is 204 g/mol. The zero-order chi connectivity index (χ0) is 11.5. The first-order chi connectivity index (χ1) is 8.42. The minimum atomic E-state index is 1.13. The van der Waals surface area contributed by atoms with Gasteiger partial charge in [0.2, 0.25) is 0 Å². The minimum Gasteiger partial charge on any atom is -0.0530 e. The SMILES string of the molecule is C1CCC(CC(CC2CCC2)C2CCCC2)C1. The van der Waals surface area contributed by atoms with Gasteiger partial charge < -0.3 is 0 Å². The van der Waals surface area contributed by atoms with Gasteiger partial charge >= 0.3 is 0 Å². The summed E-state index contributed by atoms with van der Waals surface area (Å²) in [7, 11) is 0. The van der Waals surface area contributed by atoms with Crippen molar-refractivity contribution in [1.29, 1.82) is 0 Å². The lowest BCUT2D eigenvalue weighted by atomic mass is 9.72. The molecule has 0 aliphatic heterocycles. The van der Waals surface area contributed by atoms with Gasteiger partial charge in [-0.2, -0.15) is 0 Å². The van der Waals surface area contributed by atoms with Crippen LogP contribution in [0.1, 0.15) is 83.5 Å². The maximum atomic E-state index is 1.61. The largest absolute Gasteiger partial charge is 0.0530 e. The minimum absolute atomic E-state index is 1.13. The molecule has 0 spiro atoms. The van der Waals surface area contributed by atoms with E-state index in [-0.39, 0.29) is 0 Å². The zero-order valence-electron chi connectivity index (χ0n) is 11.5. The molecule has 0 aromatic carbocycles. The van der Waals surface area contributed by atoms with Crippen LogP contribution < -0.4 is 0 Å². The average Bonchev–Trinajstić information content (AvgIpc) is 2.93. The predicted molar refractivity (Wildman–Crippen MR) is 74.0 cm³/mol. The van der Waals surface area contributed by atoms with Crippen molar-refractivity contribution in [3.05, 3.63) is 0 Å². The maximum Gasteiger partial charge on any atom is -0.0381 e. The predicted octanol–water partition coefficient (Wildman–Crippen LogP) is 5.56. The summed E-state index contributed by atoms with van der Waals surface area (Å²) >= 11 is 0. The third-order valence-electron chi connectivity index (χ3n) is 6.04. The van der Waals surface area contributed by atoms with Gasteiger partial charge in [-0.05, 0) is 36.5 Å². The van der Waals surface area contributed by atoms with Gasteiger partial charge in [0.25, 0.3) is 0 Å². The molecule has 0 radical (unpaired) electrons. The van der Waals surface area contributed by atoms with E-state index in [0.29, 0.717) is 0 Å². The summed E-state index contributed by atoms with van der Waals surface area (Å²) in [6.45, 7) is 0. The van der Waals surface area contributed by atoms with E-state index in [9.17, 15) is 0 Å². The lowest BCUT2D eigenvalue weighted by Gasteiger charge is -2.34. The van der Waals surface area contributed by atoms with E-state index in [0.717, 1.165) is 23.7 Å². The molecule has 3 aliphatic carbocycles. The third kappa shape index (κ3) is 3.06. The smallest absolute Gasteiger partial charge is 0.0381 e. The summed E-state index contributed by atoms with van der Waals surface area (Å²) in [5.41, 5.74) is 0. The lowest BCUT2D eigenvalue weighted by Crippen LogP contribution is -2.22. The van der Waals surface area contributed by atoms with Crippen LogP contribution in [0.15, 0.2) is 0 Å². The van der Waals surface area contributed by atoms with E-state index in [4.69, 9.17) is 0 Å². The Balaban J connectivity index is 1.53. The maximum absolute atomic E-state index is 1.61. The van der Waals surface area contributed by atoms with Crippen LogP contribution in [0.5, 0.6) is 0 Å². The molecule has 0 nitrogen and oxygen atoms in total. The first kappa shape index (κ1) is 12.1. The van der Waals surface area contributed by atoms with E-state index in [1.807, 2.05) is 0 Å². The fraction of sp³-hybridized carbons (Fsp3) is 1.00. The zero-order valence-corrected chi connectivity index (χ0v) is 11.5. The molecule has 0 aromatic rings. The van der Waals surface area contributed by atoms with Crippen LogP contribution in [-0.2, 0) is 0 Å². The Morgan fingerprint density at radius 2 is 1.06 bits per heavy atom. The highest BCUT2D eigenvalue weighted by atomic mass is 14.4. The van der Waals surface area contributed by atoms with Gasteiger partial charge in [-0.1, -0.05) is 70.6 Å². The molecule has 3 aliphatic rings. The molecule has 3 fully saturated rings. The molecule has 0 bridgehead atoms. The molecule has 0 saturated heterocycles. The summed E-state index contributed by atoms with van der Waals surface area (Å²) in [5, 5.41) is 0. The average molecular weight is 234 g/mol. The molecule has 0 heteroatoms. The van der Waals surface area contributed by atoms with Gasteiger partial charge in [0, 0.05) is 0 Å². The number of hydrogen-bond acceptors (Lipinski definition) is 0. The van der Waals surface area contributed by atoms with Crippen molar-refractivity contribution in [1.82, 2.24) is 0 Å². The lowest BCUT2D eigenvalue weighted by molar-refractivity contribution is 0.176. The number of hydrogen-bond donors (Lipinski definition) is 0. The van der Waals surface area contributed by atoms with Gasteiger partial charge in [0.15, 0.2) is 0 Å². The van der Waals surface area contributed by atoms with Crippen LogP contribution in [0.25, 0.3) is 0 Å². The summed E-state index contributed by atoms with van der Waals surface area (Å²) in [5.74, 6) is 4.53. The Bertz CT molecular complexity index is 216. The first-order valence-corrected chi connectivity index (χ1v) is 8.42. The van der Waals surface area contributed by atoms with Gasteiger partial charge in [0.1, 0.15) is 0 Å². The van der Waals surface area contributed by atoms with E-state index in [2.05, 4.69) is 0 Å².